The third-order valence-electron chi connectivity index (χ3n) is 3.96. The molecule has 0 bridgehead atoms. The zero-order chi connectivity index (χ0) is 12.0. The van der Waals surface area contributed by atoms with Crippen LogP contribution in [0.5, 0.6) is 0 Å². The Kier molecular flexibility index (Phi) is 2.86. The van der Waals surface area contributed by atoms with Crippen LogP contribution in [0.25, 0.3) is 0 Å². The van der Waals surface area contributed by atoms with Crippen LogP contribution in [0, 0.1) is 11.3 Å². The Morgan fingerprint density at radius 3 is 2.31 bits per heavy atom. The van der Waals surface area contributed by atoms with Gasteiger partial charge >= 0.3 is 0 Å². The van der Waals surface area contributed by atoms with Crippen molar-refractivity contribution in [2.45, 2.75) is 45.6 Å². The van der Waals surface area contributed by atoms with Gasteiger partial charge in [-0.25, -0.2) is 8.42 Å². The maximum atomic E-state index is 11.5. The fraction of sp³-hybridized carbons (Fsp3) is 1.00. The lowest BCUT2D eigenvalue weighted by Crippen LogP contribution is -2.41. The first-order valence-electron chi connectivity index (χ1n) is 6.18. The van der Waals surface area contributed by atoms with Crippen molar-refractivity contribution < 1.29 is 8.42 Å². The Bertz CT molecular complexity index is 363. The Labute approximate surface area is 98.9 Å². The van der Waals surface area contributed by atoms with Crippen LogP contribution in [0.2, 0.25) is 0 Å². The van der Waals surface area contributed by atoms with E-state index in [1.165, 1.54) is 12.8 Å². The molecule has 94 valence electrons. The highest BCUT2D eigenvalue weighted by Crippen LogP contribution is 2.54. The van der Waals surface area contributed by atoms with Crippen molar-refractivity contribution in [2.24, 2.45) is 11.3 Å². The van der Waals surface area contributed by atoms with Crippen molar-refractivity contribution in [1.29, 1.82) is 0 Å². The molecule has 1 atom stereocenters. The maximum Gasteiger partial charge on any atom is 0.150 e. The molecule has 4 heteroatoms. The molecule has 2 aliphatic rings. The minimum atomic E-state index is -2.72. The van der Waals surface area contributed by atoms with E-state index in [9.17, 15) is 8.42 Å². The molecule has 3 nitrogen and oxygen atoms in total. The lowest BCUT2D eigenvalue weighted by atomic mass is 9.88. The van der Waals surface area contributed by atoms with Crippen molar-refractivity contribution in [2.75, 3.05) is 18.1 Å². The van der Waals surface area contributed by atoms with E-state index in [4.69, 9.17) is 0 Å². The molecule has 2 rings (SSSR count). The van der Waals surface area contributed by atoms with E-state index in [0.717, 1.165) is 13.0 Å². The molecule has 0 aromatic carbocycles. The molecule has 0 radical (unpaired) electrons. The predicted molar refractivity (Wildman–Crippen MR) is 66.2 cm³/mol. The quantitative estimate of drug-likeness (QED) is 0.821. The van der Waals surface area contributed by atoms with Crippen molar-refractivity contribution in [3.05, 3.63) is 0 Å². The molecule has 1 aliphatic heterocycles. The van der Waals surface area contributed by atoms with Gasteiger partial charge in [-0.05, 0) is 51.4 Å². The molecule has 1 unspecified atom stereocenters. The van der Waals surface area contributed by atoms with Crippen LogP contribution in [0.15, 0.2) is 0 Å². The summed E-state index contributed by atoms with van der Waals surface area (Å²) < 4.78 is 23.0. The Morgan fingerprint density at radius 1 is 1.31 bits per heavy atom. The number of nitrogens with one attached hydrogen (secondary N) is 1. The topological polar surface area (TPSA) is 46.2 Å². The predicted octanol–water partition coefficient (Wildman–Crippen LogP) is 1.59. The second kappa shape index (κ2) is 3.70. The molecular weight excluding hydrogens is 222 g/mol. The smallest absolute Gasteiger partial charge is 0.150 e. The summed E-state index contributed by atoms with van der Waals surface area (Å²) >= 11 is 0. The molecular formula is C12H23NO2S. The normalized spacial score (nSPS) is 31.6. The lowest BCUT2D eigenvalue weighted by molar-refractivity contribution is 0.283. The van der Waals surface area contributed by atoms with E-state index in [0.29, 0.717) is 22.8 Å². The molecule has 16 heavy (non-hydrogen) atoms. The highest BCUT2D eigenvalue weighted by Gasteiger charge is 2.52. The first kappa shape index (κ1) is 12.4. The minimum Gasteiger partial charge on any atom is -0.312 e. The largest absolute Gasteiger partial charge is 0.312 e. The summed E-state index contributed by atoms with van der Waals surface area (Å²) in [4.78, 5) is 0. The zero-order valence-electron chi connectivity index (χ0n) is 10.5. The first-order valence-corrected chi connectivity index (χ1v) is 8.00. The third-order valence-corrected chi connectivity index (χ3v) is 5.73. The molecule has 0 aromatic rings. The van der Waals surface area contributed by atoms with Gasteiger partial charge in [-0.1, -0.05) is 0 Å². The number of rotatable bonds is 3. The summed E-state index contributed by atoms with van der Waals surface area (Å²) in [6.45, 7) is 7.47. The van der Waals surface area contributed by atoms with E-state index < -0.39 is 9.84 Å². The van der Waals surface area contributed by atoms with Crippen LogP contribution >= 0.6 is 0 Å². The van der Waals surface area contributed by atoms with Gasteiger partial charge in [0, 0.05) is 12.1 Å². The molecule has 1 saturated heterocycles. The lowest BCUT2D eigenvalue weighted by Gasteiger charge is -2.28. The van der Waals surface area contributed by atoms with Gasteiger partial charge in [-0.3, -0.25) is 0 Å². The third kappa shape index (κ3) is 2.77. The van der Waals surface area contributed by atoms with E-state index in [-0.39, 0.29) is 5.54 Å². The first-order chi connectivity index (χ1) is 7.23. The zero-order valence-corrected chi connectivity index (χ0v) is 11.4. The number of hydrogen-bond acceptors (Lipinski definition) is 3. The summed E-state index contributed by atoms with van der Waals surface area (Å²) in [6, 6.07) is 0. The van der Waals surface area contributed by atoms with E-state index >= 15 is 0 Å². The van der Waals surface area contributed by atoms with Crippen molar-refractivity contribution in [3.8, 4) is 0 Å². The summed E-state index contributed by atoms with van der Waals surface area (Å²) in [5, 5.41) is 3.53. The monoisotopic (exact) mass is 245 g/mol. The van der Waals surface area contributed by atoms with Gasteiger partial charge in [0.1, 0.15) is 0 Å². The Hall–Kier alpha value is -0.0900. The van der Waals surface area contributed by atoms with Crippen LogP contribution in [-0.2, 0) is 9.84 Å². The van der Waals surface area contributed by atoms with E-state index in [1.54, 1.807) is 0 Å². The van der Waals surface area contributed by atoms with Crippen LogP contribution in [0.1, 0.15) is 40.0 Å². The second-order valence-electron chi connectivity index (χ2n) is 6.57. The molecule has 0 amide bonds. The second-order valence-corrected chi connectivity index (χ2v) is 8.79. The molecule has 0 aromatic heterocycles. The van der Waals surface area contributed by atoms with Gasteiger partial charge in [-0.2, -0.15) is 0 Å². The van der Waals surface area contributed by atoms with Gasteiger partial charge in [0.15, 0.2) is 9.84 Å². The van der Waals surface area contributed by atoms with Crippen molar-refractivity contribution in [3.63, 3.8) is 0 Å². The fourth-order valence-corrected chi connectivity index (χ4v) is 4.55. The Balaban J connectivity index is 1.94. The highest BCUT2D eigenvalue weighted by molar-refractivity contribution is 7.91. The molecule has 1 N–H and O–H groups in total. The van der Waals surface area contributed by atoms with Gasteiger partial charge in [0.25, 0.3) is 0 Å². The van der Waals surface area contributed by atoms with Gasteiger partial charge in [-0.15, -0.1) is 0 Å². The summed E-state index contributed by atoms with van der Waals surface area (Å²) in [5.74, 6) is 1.25. The van der Waals surface area contributed by atoms with Crippen LogP contribution in [0.3, 0.4) is 0 Å². The van der Waals surface area contributed by atoms with Crippen LogP contribution in [0.4, 0.5) is 0 Å². The molecule has 1 aliphatic carbocycles. The maximum absolute atomic E-state index is 11.5. The number of hydrogen-bond donors (Lipinski definition) is 1. The van der Waals surface area contributed by atoms with Crippen molar-refractivity contribution in [1.82, 2.24) is 5.32 Å². The Morgan fingerprint density at radius 2 is 1.94 bits per heavy atom. The standard InChI is InChI=1S/C12H23NO2S/c1-11(2,3)13-9-12(5-6-12)10-4-7-16(14,15)8-10/h10,13H,4-9H2,1-3H3. The average Bonchev–Trinajstić information content (AvgIpc) is 2.82. The molecule has 1 saturated carbocycles. The van der Waals surface area contributed by atoms with Gasteiger partial charge in [0.05, 0.1) is 11.5 Å². The average molecular weight is 245 g/mol. The SMILES string of the molecule is CC(C)(C)NCC1(C2CCS(=O)(=O)C2)CC1. The van der Waals surface area contributed by atoms with Gasteiger partial charge < -0.3 is 5.32 Å². The minimum absolute atomic E-state index is 0.132. The number of sulfone groups is 1. The fourth-order valence-electron chi connectivity index (χ4n) is 2.61. The van der Waals surface area contributed by atoms with E-state index in [2.05, 4.69) is 26.1 Å². The summed E-state index contributed by atoms with van der Waals surface area (Å²) in [5.41, 5.74) is 0.434. The van der Waals surface area contributed by atoms with Crippen LogP contribution < -0.4 is 5.32 Å². The summed E-state index contributed by atoms with van der Waals surface area (Å²) in [7, 11) is -2.72. The van der Waals surface area contributed by atoms with Crippen LogP contribution in [-0.4, -0.2) is 32.0 Å². The molecule has 2 fully saturated rings. The molecule has 0 spiro atoms. The molecule has 1 heterocycles. The highest BCUT2D eigenvalue weighted by atomic mass is 32.2. The van der Waals surface area contributed by atoms with Gasteiger partial charge in [0.2, 0.25) is 0 Å². The summed E-state index contributed by atoms with van der Waals surface area (Å²) in [6.07, 6.45) is 3.29. The van der Waals surface area contributed by atoms with Crippen molar-refractivity contribution >= 4 is 9.84 Å². The van der Waals surface area contributed by atoms with E-state index in [1.807, 2.05) is 0 Å².